The summed E-state index contributed by atoms with van der Waals surface area (Å²) in [5.41, 5.74) is 0.775. The van der Waals surface area contributed by atoms with Crippen LogP contribution in [-0.2, 0) is 5.41 Å². The van der Waals surface area contributed by atoms with Crippen molar-refractivity contribution in [2.45, 2.75) is 33.1 Å². The lowest BCUT2D eigenvalue weighted by Crippen LogP contribution is -2.13. The maximum absolute atomic E-state index is 9.77. The van der Waals surface area contributed by atoms with Crippen LogP contribution in [0, 0.1) is 0 Å². The molecule has 0 heterocycles. The predicted octanol–water partition coefficient (Wildman–Crippen LogP) is 3.09. The van der Waals surface area contributed by atoms with Gasteiger partial charge in [-0.3, -0.25) is 0 Å². The van der Waals surface area contributed by atoms with Crippen molar-refractivity contribution in [2.75, 3.05) is 6.61 Å². The third kappa shape index (κ3) is 2.19. The molecule has 0 aliphatic heterocycles. The number of hydrogen-bond donors (Lipinski definition) is 1. The summed E-state index contributed by atoms with van der Waals surface area (Å²) in [6.45, 7) is 8.74. The molecular weight excluding hydrogens is 176 g/mol. The number of phenolic OH excluding ortho intramolecular Hbond substituents is 1. The number of ether oxygens (including phenoxy) is 1. The van der Waals surface area contributed by atoms with Crippen LogP contribution in [0.15, 0.2) is 18.2 Å². The molecule has 2 nitrogen and oxygen atoms in total. The van der Waals surface area contributed by atoms with Gasteiger partial charge < -0.3 is 9.84 Å². The SMILES string of the molecule is CCOc1cccc(O)c1C(C)(C)C. The molecule has 0 saturated heterocycles. The van der Waals surface area contributed by atoms with E-state index in [1.807, 2.05) is 13.0 Å². The van der Waals surface area contributed by atoms with E-state index in [4.69, 9.17) is 4.74 Å². The molecule has 1 N–H and O–H groups in total. The quantitative estimate of drug-likeness (QED) is 0.784. The Morgan fingerprint density at radius 3 is 2.43 bits per heavy atom. The van der Waals surface area contributed by atoms with E-state index in [0.29, 0.717) is 12.4 Å². The van der Waals surface area contributed by atoms with Crippen molar-refractivity contribution >= 4 is 0 Å². The molecule has 78 valence electrons. The highest BCUT2D eigenvalue weighted by atomic mass is 16.5. The Labute approximate surface area is 85.5 Å². The van der Waals surface area contributed by atoms with Crippen molar-refractivity contribution in [1.82, 2.24) is 0 Å². The minimum Gasteiger partial charge on any atom is -0.508 e. The van der Waals surface area contributed by atoms with Gasteiger partial charge in [0.1, 0.15) is 11.5 Å². The number of phenols is 1. The van der Waals surface area contributed by atoms with Gasteiger partial charge in [-0.2, -0.15) is 0 Å². The van der Waals surface area contributed by atoms with Gasteiger partial charge in [0.15, 0.2) is 0 Å². The van der Waals surface area contributed by atoms with Crippen LogP contribution in [0.2, 0.25) is 0 Å². The standard InChI is InChI=1S/C12H18O2/c1-5-14-10-8-6-7-9(13)11(10)12(2,3)4/h6-8,13H,5H2,1-4H3. The van der Waals surface area contributed by atoms with E-state index in [0.717, 1.165) is 11.3 Å². The Balaban J connectivity index is 3.22. The normalized spacial score (nSPS) is 11.4. The summed E-state index contributed by atoms with van der Waals surface area (Å²) in [6.07, 6.45) is 0. The Morgan fingerprint density at radius 1 is 1.29 bits per heavy atom. The van der Waals surface area contributed by atoms with Gasteiger partial charge in [0.25, 0.3) is 0 Å². The number of hydrogen-bond acceptors (Lipinski definition) is 2. The van der Waals surface area contributed by atoms with E-state index in [-0.39, 0.29) is 5.41 Å². The second-order valence-corrected chi connectivity index (χ2v) is 4.33. The lowest BCUT2D eigenvalue weighted by atomic mass is 9.85. The van der Waals surface area contributed by atoms with E-state index < -0.39 is 0 Å². The monoisotopic (exact) mass is 194 g/mol. The van der Waals surface area contributed by atoms with Crippen molar-refractivity contribution in [3.05, 3.63) is 23.8 Å². The summed E-state index contributed by atoms with van der Waals surface area (Å²) in [6, 6.07) is 5.39. The topological polar surface area (TPSA) is 29.5 Å². The van der Waals surface area contributed by atoms with Gasteiger partial charge in [0.05, 0.1) is 6.61 Å². The van der Waals surface area contributed by atoms with Gasteiger partial charge in [-0.05, 0) is 24.5 Å². The molecule has 0 saturated carbocycles. The first-order valence-electron chi connectivity index (χ1n) is 4.92. The maximum Gasteiger partial charge on any atom is 0.126 e. The third-order valence-electron chi connectivity index (χ3n) is 2.05. The first-order valence-corrected chi connectivity index (χ1v) is 4.92. The van der Waals surface area contributed by atoms with Gasteiger partial charge in [-0.15, -0.1) is 0 Å². The summed E-state index contributed by atoms with van der Waals surface area (Å²) in [5.74, 6) is 1.09. The number of benzene rings is 1. The fraction of sp³-hybridized carbons (Fsp3) is 0.500. The average molecular weight is 194 g/mol. The van der Waals surface area contributed by atoms with Crippen LogP contribution in [-0.4, -0.2) is 11.7 Å². The zero-order valence-corrected chi connectivity index (χ0v) is 9.29. The molecule has 0 spiro atoms. The van der Waals surface area contributed by atoms with E-state index in [1.54, 1.807) is 12.1 Å². The van der Waals surface area contributed by atoms with Crippen LogP contribution in [0.4, 0.5) is 0 Å². The first-order chi connectivity index (χ1) is 6.46. The van der Waals surface area contributed by atoms with Crippen molar-refractivity contribution < 1.29 is 9.84 Å². The maximum atomic E-state index is 9.77. The highest BCUT2D eigenvalue weighted by Crippen LogP contribution is 2.37. The van der Waals surface area contributed by atoms with Crippen molar-refractivity contribution in [2.24, 2.45) is 0 Å². The van der Waals surface area contributed by atoms with Crippen molar-refractivity contribution in [3.63, 3.8) is 0 Å². The molecule has 0 bridgehead atoms. The van der Waals surface area contributed by atoms with Crippen LogP contribution in [0.1, 0.15) is 33.3 Å². The highest BCUT2D eigenvalue weighted by molar-refractivity contribution is 5.48. The zero-order chi connectivity index (χ0) is 10.8. The minimum atomic E-state index is -0.101. The number of rotatable bonds is 2. The van der Waals surface area contributed by atoms with E-state index >= 15 is 0 Å². The van der Waals surface area contributed by atoms with Crippen LogP contribution >= 0.6 is 0 Å². The largest absolute Gasteiger partial charge is 0.508 e. The molecule has 0 radical (unpaired) electrons. The van der Waals surface area contributed by atoms with Gasteiger partial charge in [0.2, 0.25) is 0 Å². The van der Waals surface area contributed by atoms with Crippen LogP contribution in [0.25, 0.3) is 0 Å². The molecule has 0 aliphatic carbocycles. The number of aromatic hydroxyl groups is 1. The second-order valence-electron chi connectivity index (χ2n) is 4.33. The molecule has 14 heavy (non-hydrogen) atoms. The summed E-state index contributed by atoms with van der Waals surface area (Å²) in [4.78, 5) is 0. The second kappa shape index (κ2) is 3.91. The predicted molar refractivity (Wildman–Crippen MR) is 58.0 cm³/mol. The third-order valence-corrected chi connectivity index (χ3v) is 2.05. The first kappa shape index (κ1) is 10.9. The summed E-state index contributed by atoms with van der Waals surface area (Å²) >= 11 is 0. The van der Waals surface area contributed by atoms with Crippen molar-refractivity contribution in [1.29, 1.82) is 0 Å². The van der Waals surface area contributed by atoms with E-state index in [9.17, 15) is 5.11 Å². The molecule has 1 aromatic carbocycles. The molecule has 0 unspecified atom stereocenters. The average Bonchev–Trinajstić information content (AvgIpc) is 2.02. The molecule has 0 aromatic heterocycles. The Hall–Kier alpha value is -1.18. The smallest absolute Gasteiger partial charge is 0.126 e. The fourth-order valence-corrected chi connectivity index (χ4v) is 1.55. The summed E-state index contributed by atoms with van der Waals surface area (Å²) in [7, 11) is 0. The van der Waals surface area contributed by atoms with Gasteiger partial charge in [-0.25, -0.2) is 0 Å². The van der Waals surface area contributed by atoms with Crippen LogP contribution in [0.3, 0.4) is 0 Å². The van der Waals surface area contributed by atoms with E-state index in [2.05, 4.69) is 20.8 Å². The molecule has 0 aliphatic rings. The van der Waals surface area contributed by atoms with Gasteiger partial charge in [-0.1, -0.05) is 26.8 Å². The molecule has 2 heteroatoms. The van der Waals surface area contributed by atoms with Gasteiger partial charge >= 0.3 is 0 Å². The van der Waals surface area contributed by atoms with E-state index in [1.165, 1.54) is 0 Å². The molecule has 0 amide bonds. The van der Waals surface area contributed by atoms with Crippen molar-refractivity contribution in [3.8, 4) is 11.5 Å². The van der Waals surface area contributed by atoms with Crippen LogP contribution in [0.5, 0.6) is 11.5 Å². The minimum absolute atomic E-state index is 0.101. The highest BCUT2D eigenvalue weighted by Gasteiger charge is 2.22. The molecule has 1 aromatic rings. The zero-order valence-electron chi connectivity index (χ0n) is 9.29. The lowest BCUT2D eigenvalue weighted by molar-refractivity contribution is 0.324. The molecular formula is C12H18O2. The molecule has 0 fully saturated rings. The Morgan fingerprint density at radius 2 is 1.93 bits per heavy atom. The van der Waals surface area contributed by atoms with Crippen LogP contribution < -0.4 is 4.74 Å². The summed E-state index contributed by atoms with van der Waals surface area (Å²) < 4.78 is 5.48. The Kier molecular flexibility index (Phi) is 3.04. The lowest BCUT2D eigenvalue weighted by Gasteiger charge is -2.23. The fourth-order valence-electron chi connectivity index (χ4n) is 1.55. The molecule has 0 atom stereocenters. The Bertz CT molecular complexity index is 311. The van der Waals surface area contributed by atoms with Gasteiger partial charge in [0, 0.05) is 5.56 Å². The summed E-state index contributed by atoms with van der Waals surface area (Å²) in [5, 5.41) is 9.77. The molecule has 1 rings (SSSR count).